The molecule has 1 aromatic carbocycles. The van der Waals surface area contributed by atoms with Crippen LogP contribution in [0.3, 0.4) is 0 Å². The van der Waals surface area contributed by atoms with E-state index in [2.05, 4.69) is 31.1 Å². The molecule has 0 radical (unpaired) electrons. The predicted molar refractivity (Wildman–Crippen MR) is 89.4 cm³/mol. The van der Waals surface area contributed by atoms with Gasteiger partial charge in [-0.1, -0.05) is 20.8 Å². The number of thiazole rings is 1. The number of carbonyl (C=O) groups is 2. The van der Waals surface area contributed by atoms with Gasteiger partial charge in [0.2, 0.25) is 5.91 Å². The molecule has 0 saturated heterocycles. The van der Waals surface area contributed by atoms with Crippen molar-refractivity contribution in [1.82, 2.24) is 4.98 Å². The van der Waals surface area contributed by atoms with E-state index in [1.807, 2.05) is 5.38 Å². The van der Waals surface area contributed by atoms with Crippen LogP contribution in [0.1, 0.15) is 49.7 Å². The van der Waals surface area contributed by atoms with Gasteiger partial charge in [-0.05, 0) is 24.3 Å². The molecule has 0 aliphatic carbocycles. The summed E-state index contributed by atoms with van der Waals surface area (Å²) in [6.45, 7) is 6.15. The van der Waals surface area contributed by atoms with Crippen molar-refractivity contribution in [2.45, 2.75) is 39.0 Å². The number of ketones is 1. The zero-order valence-electron chi connectivity index (χ0n) is 13.4. The number of hydrogen-bond donors (Lipinski definition) is 1. The maximum Gasteiger partial charge on any atom is 0.226 e. The predicted octanol–water partition coefficient (Wildman–Crippen LogP) is 4.18. The van der Waals surface area contributed by atoms with Crippen LogP contribution in [0, 0.1) is 5.82 Å². The summed E-state index contributed by atoms with van der Waals surface area (Å²) >= 11 is 1.37. The number of nitrogens with zero attached hydrogens (tertiary/aromatic N) is 1. The van der Waals surface area contributed by atoms with E-state index in [-0.39, 0.29) is 29.9 Å². The van der Waals surface area contributed by atoms with Gasteiger partial charge in [-0.2, -0.15) is 0 Å². The summed E-state index contributed by atoms with van der Waals surface area (Å²) in [5.41, 5.74) is 1.25. The molecule has 6 heteroatoms. The number of rotatable bonds is 5. The fourth-order valence-electron chi connectivity index (χ4n) is 1.86. The largest absolute Gasteiger partial charge is 0.302 e. The Morgan fingerprint density at radius 1 is 1.17 bits per heavy atom. The molecule has 23 heavy (non-hydrogen) atoms. The Balaban J connectivity index is 1.86. The van der Waals surface area contributed by atoms with E-state index in [0.717, 1.165) is 5.69 Å². The molecule has 0 spiro atoms. The smallest absolute Gasteiger partial charge is 0.226 e. The van der Waals surface area contributed by atoms with Gasteiger partial charge in [-0.25, -0.2) is 9.37 Å². The van der Waals surface area contributed by atoms with Crippen LogP contribution in [0.5, 0.6) is 0 Å². The first-order valence-electron chi connectivity index (χ1n) is 7.30. The SMILES string of the molecule is CC(C)(C)c1csc(NC(=O)CCC(=O)c2ccc(F)cc2)n1. The van der Waals surface area contributed by atoms with Crippen molar-refractivity contribution in [3.63, 3.8) is 0 Å². The maximum absolute atomic E-state index is 12.8. The summed E-state index contributed by atoms with van der Waals surface area (Å²) in [5, 5.41) is 5.16. The zero-order chi connectivity index (χ0) is 17.0. The van der Waals surface area contributed by atoms with Gasteiger partial charge < -0.3 is 5.32 Å². The van der Waals surface area contributed by atoms with Crippen LogP contribution in [-0.2, 0) is 10.2 Å². The van der Waals surface area contributed by atoms with E-state index in [1.54, 1.807) is 0 Å². The molecular weight excluding hydrogens is 315 g/mol. The van der Waals surface area contributed by atoms with Crippen LogP contribution < -0.4 is 5.32 Å². The lowest BCUT2D eigenvalue weighted by molar-refractivity contribution is -0.116. The number of anilines is 1. The van der Waals surface area contributed by atoms with Crippen molar-refractivity contribution in [2.75, 3.05) is 5.32 Å². The Kier molecular flexibility index (Phi) is 5.26. The zero-order valence-corrected chi connectivity index (χ0v) is 14.2. The van der Waals surface area contributed by atoms with Crippen molar-refractivity contribution in [1.29, 1.82) is 0 Å². The summed E-state index contributed by atoms with van der Waals surface area (Å²) in [7, 11) is 0. The van der Waals surface area contributed by atoms with E-state index in [4.69, 9.17) is 0 Å². The number of amides is 1. The van der Waals surface area contributed by atoms with E-state index in [1.165, 1.54) is 35.6 Å². The third kappa shape index (κ3) is 4.96. The van der Waals surface area contributed by atoms with Crippen LogP contribution in [-0.4, -0.2) is 16.7 Å². The lowest BCUT2D eigenvalue weighted by Crippen LogP contribution is -2.15. The minimum absolute atomic E-state index is 0.0701. The fourth-order valence-corrected chi connectivity index (χ4v) is 2.82. The molecule has 1 amide bonds. The van der Waals surface area contributed by atoms with Crippen LogP contribution in [0.2, 0.25) is 0 Å². The van der Waals surface area contributed by atoms with E-state index in [9.17, 15) is 14.0 Å². The van der Waals surface area contributed by atoms with Crippen molar-refractivity contribution >= 4 is 28.2 Å². The van der Waals surface area contributed by atoms with Crippen molar-refractivity contribution in [3.8, 4) is 0 Å². The monoisotopic (exact) mass is 334 g/mol. The van der Waals surface area contributed by atoms with Gasteiger partial charge in [-0.15, -0.1) is 11.3 Å². The molecule has 122 valence electrons. The first-order chi connectivity index (χ1) is 10.8. The topological polar surface area (TPSA) is 59.1 Å². The second-order valence-electron chi connectivity index (χ2n) is 6.27. The summed E-state index contributed by atoms with van der Waals surface area (Å²) in [6.07, 6.45) is 0.148. The van der Waals surface area contributed by atoms with E-state index >= 15 is 0 Å². The minimum atomic E-state index is -0.391. The minimum Gasteiger partial charge on any atom is -0.302 e. The lowest BCUT2D eigenvalue weighted by Gasteiger charge is -2.14. The van der Waals surface area contributed by atoms with Crippen molar-refractivity contribution in [2.24, 2.45) is 0 Å². The molecule has 1 aromatic heterocycles. The first kappa shape index (κ1) is 17.3. The van der Waals surface area contributed by atoms with Crippen LogP contribution in [0.4, 0.5) is 9.52 Å². The maximum atomic E-state index is 12.8. The number of Topliss-reactive ketones (excluding diaryl/α,β-unsaturated/α-hetero) is 1. The van der Waals surface area contributed by atoms with Crippen LogP contribution >= 0.6 is 11.3 Å². The first-order valence-corrected chi connectivity index (χ1v) is 8.18. The molecule has 0 fully saturated rings. The van der Waals surface area contributed by atoms with Gasteiger partial charge >= 0.3 is 0 Å². The Hall–Kier alpha value is -2.08. The highest BCUT2D eigenvalue weighted by Gasteiger charge is 2.18. The third-order valence-corrected chi connectivity index (χ3v) is 4.02. The molecule has 0 saturated carbocycles. The highest BCUT2D eigenvalue weighted by Crippen LogP contribution is 2.26. The Labute approximate surface area is 138 Å². The molecule has 0 aliphatic rings. The Bertz CT molecular complexity index is 702. The van der Waals surface area contributed by atoms with Crippen molar-refractivity contribution < 1.29 is 14.0 Å². The van der Waals surface area contributed by atoms with Crippen molar-refractivity contribution in [3.05, 3.63) is 46.7 Å². The standard InChI is InChI=1S/C17H19FN2O2S/c1-17(2,3)14-10-23-16(19-14)20-15(22)9-8-13(21)11-4-6-12(18)7-5-11/h4-7,10H,8-9H2,1-3H3,(H,19,20,22). The molecule has 1 N–H and O–H groups in total. The summed E-state index contributed by atoms with van der Waals surface area (Å²) in [4.78, 5) is 28.2. The molecule has 2 aromatic rings. The molecule has 4 nitrogen and oxygen atoms in total. The number of nitrogens with one attached hydrogen (secondary N) is 1. The molecule has 0 aliphatic heterocycles. The molecule has 1 heterocycles. The average molecular weight is 334 g/mol. The lowest BCUT2D eigenvalue weighted by atomic mass is 9.93. The average Bonchev–Trinajstić information content (AvgIpc) is 2.94. The van der Waals surface area contributed by atoms with Gasteiger partial charge in [0.15, 0.2) is 10.9 Å². The van der Waals surface area contributed by atoms with Gasteiger partial charge in [-0.3, -0.25) is 9.59 Å². The number of benzene rings is 1. The van der Waals surface area contributed by atoms with E-state index in [0.29, 0.717) is 10.7 Å². The molecular formula is C17H19FN2O2S. The number of hydrogen-bond acceptors (Lipinski definition) is 4. The summed E-state index contributed by atoms with van der Waals surface area (Å²) < 4.78 is 12.8. The number of halogens is 1. The second-order valence-corrected chi connectivity index (χ2v) is 7.12. The summed E-state index contributed by atoms with van der Waals surface area (Å²) in [5.74, 6) is -0.831. The van der Waals surface area contributed by atoms with Crippen LogP contribution in [0.25, 0.3) is 0 Å². The molecule has 0 unspecified atom stereocenters. The highest BCUT2D eigenvalue weighted by atomic mass is 32.1. The third-order valence-electron chi connectivity index (χ3n) is 3.26. The Morgan fingerprint density at radius 2 is 1.83 bits per heavy atom. The molecule has 0 atom stereocenters. The van der Waals surface area contributed by atoms with Gasteiger partial charge in [0.1, 0.15) is 5.82 Å². The molecule has 2 rings (SSSR count). The van der Waals surface area contributed by atoms with Gasteiger partial charge in [0.25, 0.3) is 0 Å². The Morgan fingerprint density at radius 3 is 2.39 bits per heavy atom. The number of carbonyl (C=O) groups excluding carboxylic acids is 2. The summed E-state index contributed by atoms with van der Waals surface area (Å²) in [6, 6.07) is 5.31. The molecule has 0 bridgehead atoms. The normalized spacial score (nSPS) is 11.3. The number of aromatic nitrogens is 1. The van der Waals surface area contributed by atoms with Gasteiger partial charge in [0.05, 0.1) is 5.69 Å². The highest BCUT2D eigenvalue weighted by molar-refractivity contribution is 7.13. The van der Waals surface area contributed by atoms with Gasteiger partial charge in [0, 0.05) is 29.2 Å². The quantitative estimate of drug-likeness (QED) is 0.835. The second kappa shape index (κ2) is 7.00. The van der Waals surface area contributed by atoms with Crippen LogP contribution in [0.15, 0.2) is 29.6 Å². The fraction of sp³-hybridized carbons (Fsp3) is 0.353. The van der Waals surface area contributed by atoms with E-state index < -0.39 is 5.82 Å².